The molecule has 2 saturated heterocycles. The molecule has 0 N–H and O–H groups in total. The van der Waals surface area contributed by atoms with Crippen LogP contribution in [0.2, 0.25) is 0 Å². The van der Waals surface area contributed by atoms with Crippen molar-refractivity contribution in [2.24, 2.45) is 0 Å². The number of amides is 1. The first-order chi connectivity index (χ1) is 12.8. The van der Waals surface area contributed by atoms with Crippen molar-refractivity contribution in [1.29, 1.82) is 0 Å². The Labute approximate surface area is 166 Å². The first-order valence-corrected chi connectivity index (χ1v) is 9.81. The zero-order valence-electron chi connectivity index (χ0n) is 17.9. The van der Waals surface area contributed by atoms with E-state index in [1.54, 1.807) is 22.0 Å². The average molecular weight is 395 g/mol. The van der Waals surface area contributed by atoms with E-state index in [0.717, 1.165) is 5.46 Å². The molecule has 3 heterocycles. The van der Waals surface area contributed by atoms with E-state index in [4.69, 9.17) is 14.0 Å². The number of likely N-dealkylation sites (tertiary alicyclic amines) is 1. The van der Waals surface area contributed by atoms with Crippen molar-refractivity contribution in [2.75, 3.05) is 13.1 Å². The van der Waals surface area contributed by atoms with Gasteiger partial charge in [-0.2, -0.15) is 5.10 Å². The number of nitrogens with zero attached hydrogens (tertiary/aromatic N) is 3. The Bertz CT molecular complexity index is 715. The molecule has 0 bridgehead atoms. The van der Waals surface area contributed by atoms with Crippen LogP contribution < -0.4 is 5.46 Å². The molecule has 7 nitrogen and oxygen atoms in total. The maximum absolute atomic E-state index is 14.6. The van der Waals surface area contributed by atoms with E-state index in [2.05, 4.69) is 5.10 Å². The van der Waals surface area contributed by atoms with E-state index >= 15 is 0 Å². The predicted molar refractivity (Wildman–Crippen MR) is 104 cm³/mol. The maximum atomic E-state index is 14.6. The van der Waals surface area contributed by atoms with E-state index in [9.17, 15) is 9.18 Å². The van der Waals surface area contributed by atoms with Crippen LogP contribution in [0.1, 0.15) is 60.9 Å². The van der Waals surface area contributed by atoms with E-state index < -0.39 is 42.2 Å². The molecule has 156 valence electrons. The Balaban J connectivity index is 1.72. The molecule has 0 aliphatic carbocycles. The van der Waals surface area contributed by atoms with Gasteiger partial charge in [0.2, 0.25) is 0 Å². The monoisotopic (exact) mass is 395 g/mol. The van der Waals surface area contributed by atoms with Crippen LogP contribution in [0.5, 0.6) is 0 Å². The molecule has 2 fully saturated rings. The first kappa shape index (κ1) is 21.1. The van der Waals surface area contributed by atoms with Crippen molar-refractivity contribution in [3.05, 3.63) is 12.4 Å². The third kappa shape index (κ3) is 4.20. The SMILES string of the molecule is CC(C)(C)OC(=O)N1CC[C@H](F)[C@H](n2cc(B3OC(C)(C)C(C)(C)O3)cn2)C1. The fourth-order valence-corrected chi connectivity index (χ4v) is 3.28. The van der Waals surface area contributed by atoms with Crippen LogP contribution in [-0.4, -0.2) is 64.0 Å². The molecule has 1 aromatic heterocycles. The minimum Gasteiger partial charge on any atom is -0.444 e. The second kappa shape index (κ2) is 7.02. The van der Waals surface area contributed by atoms with Gasteiger partial charge >= 0.3 is 13.2 Å². The molecule has 9 heteroatoms. The molecule has 1 amide bonds. The predicted octanol–water partition coefficient (Wildman–Crippen LogP) is 2.70. The van der Waals surface area contributed by atoms with Gasteiger partial charge in [-0.3, -0.25) is 4.68 Å². The Kier molecular flexibility index (Phi) is 5.29. The summed E-state index contributed by atoms with van der Waals surface area (Å²) in [7, 11) is -0.553. The summed E-state index contributed by atoms with van der Waals surface area (Å²) in [4.78, 5) is 13.9. The molecular formula is C19H31BFN3O4. The third-order valence-electron chi connectivity index (χ3n) is 5.64. The van der Waals surface area contributed by atoms with Crippen molar-refractivity contribution in [1.82, 2.24) is 14.7 Å². The number of carbonyl (C=O) groups excluding carboxylic acids is 1. The molecule has 0 saturated carbocycles. The van der Waals surface area contributed by atoms with Gasteiger partial charge in [0.25, 0.3) is 0 Å². The lowest BCUT2D eigenvalue weighted by Gasteiger charge is -2.36. The summed E-state index contributed by atoms with van der Waals surface area (Å²) in [5.41, 5.74) is -0.767. The second-order valence-corrected chi connectivity index (χ2v) is 9.64. The highest BCUT2D eigenvalue weighted by atomic mass is 19.1. The van der Waals surface area contributed by atoms with E-state index in [-0.39, 0.29) is 13.0 Å². The summed E-state index contributed by atoms with van der Waals surface area (Å²) in [6.07, 6.45) is 2.11. The Morgan fingerprint density at radius 3 is 2.46 bits per heavy atom. The van der Waals surface area contributed by atoms with Crippen LogP contribution in [0.3, 0.4) is 0 Å². The number of aromatic nitrogens is 2. The van der Waals surface area contributed by atoms with Gasteiger partial charge in [-0.05, 0) is 54.9 Å². The van der Waals surface area contributed by atoms with Gasteiger partial charge in [-0.15, -0.1) is 0 Å². The zero-order chi connectivity index (χ0) is 20.9. The van der Waals surface area contributed by atoms with Gasteiger partial charge in [0.1, 0.15) is 17.8 Å². The van der Waals surface area contributed by atoms with Crippen LogP contribution in [0.4, 0.5) is 9.18 Å². The molecule has 0 spiro atoms. The lowest BCUT2D eigenvalue weighted by atomic mass is 9.82. The molecule has 2 aliphatic rings. The van der Waals surface area contributed by atoms with E-state index in [1.165, 1.54) is 0 Å². The number of piperidine rings is 1. The second-order valence-electron chi connectivity index (χ2n) is 9.64. The highest BCUT2D eigenvalue weighted by molar-refractivity contribution is 6.62. The van der Waals surface area contributed by atoms with Crippen molar-refractivity contribution in [2.45, 2.75) is 83.9 Å². The van der Waals surface area contributed by atoms with Gasteiger partial charge in [-0.1, -0.05) is 0 Å². The minimum absolute atomic E-state index is 0.209. The quantitative estimate of drug-likeness (QED) is 0.721. The molecule has 2 atom stereocenters. The summed E-state index contributed by atoms with van der Waals surface area (Å²) in [6.45, 7) is 13.9. The Morgan fingerprint density at radius 1 is 1.29 bits per heavy atom. The number of rotatable bonds is 2. The molecule has 1 aromatic rings. The summed E-state index contributed by atoms with van der Waals surface area (Å²) in [6, 6.07) is -0.572. The number of carbonyl (C=O) groups is 1. The van der Waals surface area contributed by atoms with Crippen molar-refractivity contribution < 1.29 is 23.2 Å². The fourth-order valence-electron chi connectivity index (χ4n) is 3.28. The summed E-state index contributed by atoms with van der Waals surface area (Å²) in [5.74, 6) is 0. The highest BCUT2D eigenvalue weighted by Gasteiger charge is 2.52. The number of hydrogen-bond acceptors (Lipinski definition) is 5. The fraction of sp³-hybridized carbons (Fsp3) is 0.789. The molecule has 0 aromatic carbocycles. The summed E-state index contributed by atoms with van der Waals surface area (Å²) >= 11 is 0. The number of alkyl halides is 1. The van der Waals surface area contributed by atoms with E-state index in [0.29, 0.717) is 6.54 Å². The first-order valence-electron chi connectivity index (χ1n) is 9.81. The molecule has 0 radical (unpaired) electrons. The lowest BCUT2D eigenvalue weighted by molar-refractivity contribution is 0.00578. The standard InChI is InChI=1S/C19H31BFN3O4/c1-17(2,3)26-16(25)23-9-8-14(21)15(12-23)24-11-13(10-22-24)20-27-18(4,5)19(6,7)28-20/h10-11,14-15H,8-9,12H2,1-7H3/t14-,15+/m0/s1. The maximum Gasteiger partial charge on any atom is 0.498 e. The van der Waals surface area contributed by atoms with Crippen LogP contribution in [0.15, 0.2) is 12.4 Å². The van der Waals surface area contributed by atoms with E-state index in [1.807, 2.05) is 48.5 Å². The van der Waals surface area contributed by atoms with Gasteiger partial charge in [0, 0.05) is 30.9 Å². The van der Waals surface area contributed by atoms with Crippen LogP contribution in [-0.2, 0) is 14.0 Å². The smallest absolute Gasteiger partial charge is 0.444 e. The Hall–Kier alpha value is -1.61. The van der Waals surface area contributed by atoms with Crippen LogP contribution in [0.25, 0.3) is 0 Å². The van der Waals surface area contributed by atoms with Gasteiger partial charge in [0.05, 0.1) is 11.2 Å². The average Bonchev–Trinajstić information content (AvgIpc) is 3.09. The molecule has 28 heavy (non-hydrogen) atoms. The van der Waals surface area contributed by atoms with Gasteiger partial charge < -0.3 is 18.9 Å². The van der Waals surface area contributed by atoms with Gasteiger partial charge in [-0.25, -0.2) is 9.18 Å². The summed E-state index contributed by atoms with van der Waals surface area (Å²) in [5, 5.41) is 4.34. The van der Waals surface area contributed by atoms with Crippen molar-refractivity contribution in [3.8, 4) is 0 Å². The molecule has 2 aliphatic heterocycles. The third-order valence-corrected chi connectivity index (χ3v) is 5.64. The van der Waals surface area contributed by atoms with Gasteiger partial charge in [0.15, 0.2) is 0 Å². The number of hydrogen-bond donors (Lipinski definition) is 0. The molecule has 3 rings (SSSR count). The summed E-state index contributed by atoms with van der Waals surface area (Å²) < 4.78 is 33.7. The van der Waals surface area contributed by atoms with Crippen LogP contribution in [0, 0.1) is 0 Å². The molecule has 0 unspecified atom stereocenters. The van der Waals surface area contributed by atoms with Crippen LogP contribution >= 0.6 is 0 Å². The lowest BCUT2D eigenvalue weighted by Crippen LogP contribution is -2.47. The normalized spacial score (nSPS) is 27.1. The number of halogens is 1. The highest BCUT2D eigenvalue weighted by Crippen LogP contribution is 2.36. The van der Waals surface area contributed by atoms with Crippen molar-refractivity contribution in [3.63, 3.8) is 0 Å². The Morgan fingerprint density at radius 2 is 1.89 bits per heavy atom. The molecular weight excluding hydrogens is 364 g/mol. The zero-order valence-corrected chi connectivity index (χ0v) is 17.9. The largest absolute Gasteiger partial charge is 0.498 e. The number of ether oxygens (including phenoxy) is 1. The topological polar surface area (TPSA) is 65.8 Å². The minimum atomic E-state index is -1.09. The van der Waals surface area contributed by atoms with Crippen molar-refractivity contribution >= 4 is 18.7 Å².